The van der Waals surface area contributed by atoms with Gasteiger partial charge in [0.15, 0.2) is 0 Å². The lowest BCUT2D eigenvalue weighted by Gasteiger charge is -2.36. The summed E-state index contributed by atoms with van der Waals surface area (Å²) < 4.78 is 0. The zero-order valence-corrected chi connectivity index (χ0v) is 14.4. The lowest BCUT2D eigenvalue weighted by atomic mass is 10.0. The van der Waals surface area contributed by atoms with Gasteiger partial charge in [-0.2, -0.15) is 0 Å². The number of amides is 1. The molecule has 2 aliphatic heterocycles. The molecule has 1 aromatic rings. The maximum absolute atomic E-state index is 12.3. The third-order valence-electron chi connectivity index (χ3n) is 4.90. The number of hydroxylamine groups is 2. The highest BCUT2D eigenvalue weighted by Crippen LogP contribution is 2.25. The molecule has 2 N–H and O–H groups in total. The van der Waals surface area contributed by atoms with Gasteiger partial charge in [0.05, 0.1) is 6.04 Å². The van der Waals surface area contributed by atoms with Crippen LogP contribution < -0.4 is 10.6 Å². The first-order chi connectivity index (χ1) is 11.8. The fourth-order valence-corrected chi connectivity index (χ4v) is 3.48. The first-order valence-electron chi connectivity index (χ1n) is 8.86. The molecule has 1 amide bonds. The van der Waals surface area contributed by atoms with E-state index in [-0.39, 0.29) is 18.0 Å². The molecule has 6 nitrogen and oxygen atoms in total. The van der Waals surface area contributed by atoms with Crippen molar-refractivity contribution < 1.29 is 9.63 Å². The summed E-state index contributed by atoms with van der Waals surface area (Å²) >= 11 is 0. The van der Waals surface area contributed by atoms with Crippen LogP contribution in [0.15, 0.2) is 30.3 Å². The second-order valence-electron chi connectivity index (χ2n) is 6.59. The van der Waals surface area contributed by atoms with E-state index >= 15 is 0 Å². The monoisotopic (exact) mass is 332 g/mol. The predicted molar refractivity (Wildman–Crippen MR) is 93.3 cm³/mol. The van der Waals surface area contributed by atoms with Crippen LogP contribution in [0.2, 0.25) is 0 Å². The third-order valence-corrected chi connectivity index (χ3v) is 4.90. The summed E-state index contributed by atoms with van der Waals surface area (Å²) in [6.45, 7) is 5.20. The minimum absolute atomic E-state index is 0.0994. The zero-order chi connectivity index (χ0) is 16.8. The van der Waals surface area contributed by atoms with Gasteiger partial charge in [-0.05, 0) is 19.0 Å². The highest BCUT2D eigenvalue weighted by Gasteiger charge is 2.39. The molecule has 0 radical (unpaired) electrons. The Hall–Kier alpha value is -1.47. The van der Waals surface area contributed by atoms with Gasteiger partial charge in [0, 0.05) is 45.2 Å². The molecule has 2 unspecified atom stereocenters. The Morgan fingerprint density at radius 1 is 1.12 bits per heavy atom. The molecule has 3 rings (SSSR count). The standard InChI is InChI=1S/C18H28N4O2/c1-21-12-11-19-9-10-20-13-17(21)16-7-8-18(23)22(16)24-14-15-5-3-2-4-6-15/h2-6,16-17,19-20H,7-14H2,1H3. The van der Waals surface area contributed by atoms with Gasteiger partial charge >= 0.3 is 0 Å². The van der Waals surface area contributed by atoms with Crippen molar-refractivity contribution in [3.63, 3.8) is 0 Å². The average molecular weight is 332 g/mol. The molecular formula is C18H28N4O2. The smallest absolute Gasteiger partial charge is 0.246 e. The quantitative estimate of drug-likeness (QED) is 0.846. The Kier molecular flexibility index (Phi) is 6.20. The molecule has 24 heavy (non-hydrogen) atoms. The maximum atomic E-state index is 12.3. The molecule has 2 fully saturated rings. The van der Waals surface area contributed by atoms with E-state index in [0.717, 1.165) is 44.7 Å². The predicted octanol–water partition coefficient (Wildman–Crippen LogP) is 0.602. The molecule has 132 valence electrons. The van der Waals surface area contributed by atoms with E-state index in [9.17, 15) is 4.79 Å². The molecule has 0 aliphatic carbocycles. The number of carbonyl (C=O) groups excluding carboxylic acids is 1. The highest BCUT2D eigenvalue weighted by atomic mass is 16.7. The lowest BCUT2D eigenvalue weighted by Crippen LogP contribution is -2.53. The van der Waals surface area contributed by atoms with Crippen LogP contribution >= 0.6 is 0 Å². The van der Waals surface area contributed by atoms with Crippen molar-refractivity contribution in [2.24, 2.45) is 0 Å². The van der Waals surface area contributed by atoms with Crippen LogP contribution in [0, 0.1) is 0 Å². The number of likely N-dealkylation sites (N-methyl/N-ethyl adjacent to an activating group) is 1. The molecule has 1 aromatic carbocycles. The van der Waals surface area contributed by atoms with Gasteiger partial charge < -0.3 is 10.6 Å². The summed E-state index contributed by atoms with van der Waals surface area (Å²) in [6.07, 6.45) is 1.43. The largest absolute Gasteiger partial charge is 0.314 e. The van der Waals surface area contributed by atoms with Crippen LogP contribution in [-0.2, 0) is 16.2 Å². The van der Waals surface area contributed by atoms with Gasteiger partial charge in [-0.25, -0.2) is 5.06 Å². The topological polar surface area (TPSA) is 56.8 Å². The van der Waals surface area contributed by atoms with Gasteiger partial charge in [0.1, 0.15) is 6.61 Å². The number of nitrogens with one attached hydrogen (secondary N) is 2. The number of hydrogen-bond donors (Lipinski definition) is 2. The third kappa shape index (κ3) is 4.33. The second kappa shape index (κ2) is 8.58. The number of carbonyl (C=O) groups is 1. The first-order valence-corrected chi connectivity index (χ1v) is 8.86. The van der Waals surface area contributed by atoms with Crippen LogP contribution in [0.25, 0.3) is 0 Å². The molecule has 0 aromatic heterocycles. The molecule has 2 heterocycles. The van der Waals surface area contributed by atoms with Crippen LogP contribution in [0.3, 0.4) is 0 Å². The summed E-state index contributed by atoms with van der Waals surface area (Å²) in [5.41, 5.74) is 1.08. The minimum Gasteiger partial charge on any atom is -0.314 e. The van der Waals surface area contributed by atoms with E-state index in [0.29, 0.717) is 13.0 Å². The van der Waals surface area contributed by atoms with Crippen molar-refractivity contribution in [2.75, 3.05) is 39.8 Å². The van der Waals surface area contributed by atoms with Crippen molar-refractivity contribution >= 4 is 5.91 Å². The number of benzene rings is 1. The molecule has 0 saturated carbocycles. The van der Waals surface area contributed by atoms with Gasteiger partial charge in [-0.1, -0.05) is 30.3 Å². The van der Waals surface area contributed by atoms with Gasteiger partial charge in [-0.3, -0.25) is 14.5 Å². The molecular weight excluding hydrogens is 304 g/mol. The Morgan fingerprint density at radius 3 is 2.75 bits per heavy atom. The molecule has 2 atom stereocenters. The van der Waals surface area contributed by atoms with E-state index in [2.05, 4.69) is 22.6 Å². The molecule has 2 saturated heterocycles. The molecule has 2 aliphatic rings. The van der Waals surface area contributed by atoms with Crippen LogP contribution in [0.4, 0.5) is 0 Å². The second-order valence-corrected chi connectivity index (χ2v) is 6.59. The number of nitrogens with zero attached hydrogens (tertiary/aromatic N) is 2. The molecule has 6 heteroatoms. The first kappa shape index (κ1) is 17.4. The zero-order valence-electron chi connectivity index (χ0n) is 14.4. The maximum Gasteiger partial charge on any atom is 0.246 e. The summed E-state index contributed by atoms with van der Waals surface area (Å²) in [5, 5.41) is 8.56. The Labute approximate surface area is 144 Å². The average Bonchev–Trinajstić information content (AvgIpc) is 3.00. The Bertz CT molecular complexity index is 525. The van der Waals surface area contributed by atoms with E-state index < -0.39 is 0 Å². The molecule has 0 spiro atoms. The lowest BCUT2D eigenvalue weighted by molar-refractivity contribution is -0.200. The summed E-state index contributed by atoms with van der Waals surface area (Å²) in [5.74, 6) is 0.0994. The van der Waals surface area contributed by atoms with Crippen molar-refractivity contribution in [1.29, 1.82) is 0 Å². The van der Waals surface area contributed by atoms with Gasteiger partial charge in [-0.15, -0.1) is 0 Å². The Morgan fingerprint density at radius 2 is 1.92 bits per heavy atom. The Balaban J connectivity index is 1.66. The van der Waals surface area contributed by atoms with Crippen LogP contribution in [0.1, 0.15) is 18.4 Å². The highest BCUT2D eigenvalue weighted by molar-refractivity contribution is 5.77. The summed E-state index contributed by atoms with van der Waals surface area (Å²) in [6, 6.07) is 10.4. The van der Waals surface area contributed by atoms with Gasteiger partial charge in [0.2, 0.25) is 5.91 Å². The SMILES string of the molecule is CN1CCNCCNCC1C1CCC(=O)N1OCc1ccccc1. The fourth-order valence-electron chi connectivity index (χ4n) is 3.48. The molecule has 0 bridgehead atoms. The number of rotatable bonds is 4. The van der Waals surface area contributed by atoms with Crippen LogP contribution in [0.5, 0.6) is 0 Å². The van der Waals surface area contributed by atoms with Crippen molar-refractivity contribution in [3.8, 4) is 0 Å². The van der Waals surface area contributed by atoms with Crippen molar-refractivity contribution in [1.82, 2.24) is 20.6 Å². The number of hydrogen-bond acceptors (Lipinski definition) is 5. The van der Waals surface area contributed by atoms with E-state index in [1.165, 1.54) is 0 Å². The van der Waals surface area contributed by atoms with Crippen molar-refractivity contribution in [2.45, 2.75) is 31.5 Å². The normalized spacial score (nSPS) is 26.9. The van der Waals surface area contributed by atoms with Gasteiger partial charge in [0.25, 0.3) is 0 Å². The van der Waals surface area contributed by atoms with E-state index in [1.807, 2.05) is 30.3 Å². The van der Waals surface area contributed by atoms with Crippen molar-refractivity contribution in [3.05, 3.63) is 35.9 Å². The van der Waals surface area contributed by atoms with E-state index in [4.69, 9.17) is 4.84 Å². The fraction of sp³-hybridized carbons (Fsp3) is 0.611. The summed E-state index contributed by atoms with van der Waals surface area (Å²) in [4.78, 5) is 20.6. The van der Waals surface area contributed by atoms with E-state index in [1.54, 1.807) is 5.06 Å². The minimum atomic E-state index is 0.0994. The summed E-state index contributed by atoms with van der Waals surface area (Å²) in [7, 11) is 2.14. The van der Waals surface area contributed by atoms with Crippen LogP contribution in [-0.4, -0.2) is 67.7 Å².